The summed E-state index contributed by atoms with van der Waals surface area (Å²) in [4.78, 5) is 9.00. The minimum absolute atomic E-state index is 0. The Balaban J connectivity index is 0.000000223. The molecule has 3 nitrogen and oxygen atoms in total. The summed E-state index contributed by atoms with van der Waals surface area (Å²) in [6.45, 7) is 13.5. The molecule has 40 heavy (non-hydrogen) atoms. The van der Waals surface area contributed by atoms with E-state index in [1.54, 1.807) is 0 Å². The number of aromatic nitrogens is 2. The molecule has 0 saturated heterocycles. The van der Waals surface area contributed by atoms with Crippen LogP contribution in [0.2, 0.25) is 19.6 Å². The van der Waals surface area contributed by atoms with E-state index in [4.69, 9.17) is 4.42 Å². The molecule has 5 heteroatoms. The Bertz CT molecular complexity index is 1700. The molecular formula is C35H34IrN2OSi-2. The van der Waals surface area contributed by atoms with Crippen molar-refractivity contribution in [2.75, 3.05) is 0 Å². The predicted molar refractivity (Wildman–Crippen MR) is 166 cm³/mol. The van der Waals surface area contributed by atoms with Crippen molar-refractivity contribution >= 4 is 35.2 Å². The van der Waals surface area contributed by atoms with Crippen LogP contribution in [0.25, 0.3) is 44.5 Å². The van der Waals surface area contributed by atoms with Gasteiger partial charge in [-0.1, -0.05) is 86.9 Å². The number of para-hydroxylation sites is 1. The van der Waals surface area contributed by atoms with E-state index in [9.17, 15) is 0 Å². The average molecular weight is 719 g/mol. The summed E-state index contributed by atoms with van der Waals surface area (Å²) < 4.78 is 6.44. The van der Waals surface area contributed by atoms with Gasteiger partial charge in [0.25, 0.3) is 0 Å². The van der Waals surface area contributed by atoms with Gasteiger partial charge >= 0.3 is 0 Å². The number of nitrogens with zero attached hydrogens (tertiary/aromatic N) is 2. The van der Waals surface area contributed by atoms with Crippen LogP contribution in [0.4, 0.5) is 0 Å². The van der Waals surface area contributed by atoms with E-state index in [1.165, 1.54) is 21.7 Å². The fourth-order valence-corrected chi connectivity index (χ4v) is 6.08. The Labute approximate surface area is 252 Å². The van der Waals surface area contributed by atoms with Crippen LogP contribution < -0.4 is 5.19 Å². The number of pyridine rings is 2. The molecule has 6 aromatic rings. The molecule has 3 aromatic heterocycles. The van der Waals surface area contributed by atoms with Crippen LogP contribution >= 0.6 is 0 Å². The van der Waals surface area contributed by atoms with Gasteiger partial charge in [0, 0.05) is 37.9 Å². The number of hydrogen-bond acceptors (Lipinski definition) is 3. The van der Waals surface area contributed by atoms with Crippen molar-refractivity contribution in [1.29, 1.82) is 0 Å². The van der Waals surface area contributed by atoms with Gasteiger partial charge in [-0.15, -0.1) is 54.1 Å². The summed E-state index contributed by atoms with van der Waals surface area (Å²) in [7, 11) is -1.50. The maximum Gasteiger partial charge on any atom is 0.120 e. The van der Waals surface area contributed by atoms with E-state index in [0.29, 0.717) is 5.92 Å². The molecule has 0 N–H and O–H groups in total. The molecule has 0 fully saturated rings. The third kappa shape index (κ3) is 6.33. The quantitative estimate of drug-likeness (QED) is 0.135. The molecule has 0 aliphatic heterocycles. The number of furan rings is 1. The maximum absolute atomic E-state index is 6.44. The van der Waals surface area contributed by atoms with Crippen molar-refractivity contribution in [2.24, 2.45) is 0 Å². The molecule has 205 valence electrons. The molecule has 0 amide bonds. The van der Waals surface area contributed by atoms with E-state index in [1.807, 2.05) is 55.7 Å². The summed E-state index contributed by atoms with van der Waals surface area (Å²) in [5.74, 6) is 0.474. The van der Waals surface area contributed by atoms with E-state index in [2.05, 4.69) is 98.1 Å². The number of aryl methyl sites for hydroxylation is 1. The van der Waals surface area contributed by atoms with Gasteiger partial charge in [0.05, 0.1) is 13.7 Å². The molecule has 0 saturated carbocycles. The van der Waals surface area contributed by atoms with Crippen molar-refractivity contribution in [3.63, 3.8) is 0 Å². The summed E-state index contributed by atoms with van der Waals surface area (Å²) in [5.41, 5.74) is 8.21. The van der Waals surface area contributed by atoms with E-state index in [-0.39, 0.29) is 20.1 Å². The van der Waals surface area contributed by atoms with Gasteiger partial charge in [0.2, 0.25) is 0 Å². The van der Waals surface area contributed by atoms with Gasteiger partial charge in [-0.3, -0.25) is 0 Å². The molecule has 6 rings (SSSR count). The Morgan fingerprint density at radius 3 is 2.10 bits per heavy atom. The normalized spacial score (nSPS) is 11.3. The van der Waals surface area contributed by atoms with Crippen LogP contribution in [-0.2, 0) is 20.1 Å². The second-order valence-corrected chi connectivity index (χ2v) is 16.3. The van der Waals surface area contributed by atoms with Crippen molar-refractivity contribution in [2.45, 2.75) is 46.3 Å². The molecule has 0 atom stereocenters. The molecule has 0 spiro atoms. The first-order chi connectivity index (χ1) is 18.7. The molecule has 0 aliphatic carbocycles. The molecule has 3 aromatic carbocycles. The Hall–Kier alpha value is -3.37. The summed E-state index contributed by atoms with van der Waals surface area (Å²) in [6.07, 6.45) is 3.83. The van der Waals surface area contributed by atoms with Gasteiger partial charge in [0.1, 0.15) is 5.58 Å². The topological polar surface area (TPSA) is 38.9 Å². The van der Waals surface area contributed by atoms with E-state index in [0.717, 1.165) is 39.1 Å². The summed E-state index contributed by atoms with van der Waals surface area (Å²) in [6, 6.07) is 33.3. The minimum Gasteiger partial charge on any atom is -0.501 e. The van der Waals surface area contributed by atoms with Crippen molar-refractivity contribution in [3.8, 4) is 22.5 Å². The SMILES string of the molecule is CC(C)c1ccc(-c2[c-]ccc3c2oc2c([Si](C)(C)C)cccc23)nc1.Cc1ccc(-c2[c-]cccc2)nc1.[Ir]. The largest absolute Gasteiger partial charge is 0.501 e. The van der Waals surface area contributed by atoms with Gasteiger partial charge in [-0.05, 0) is 40.5 Å². The molecule has 0 unspecified atom stereocenters. The van der Waals surface area contributed by atoms with Crippen molar-refractivity contribution in [3.05, 3.63) is 115 Å². The van der Waals surface area contributed by atoms with Crippen LogP contribution in [0.5, 0.6) is 0 Å². The maximum atomic E-state index is 6.44. The standard InChI is InChI=1S/C23H24NOSi.C12H10N.Ir/c1-15(2)16-12-13-20(24-14-16)19-10-6-8-17-18-9-7-11-21(26(3,4)5)23(18)25-22(17)19;1-10-7-8-12(13-9-10)11-5-3-2-4-6-11;/h6-9,11-15H,1-5H3;2-5,7-9H,1H3;/q2*-1;. The van der Waals surface area contributed by atoms with Crippen LogP contribution in [0, 0.1) is 19.1 Å². The Kier molecular flexibility index (Phi) is 9.20. The third-order valence-electron chi connectivity index (χ3n) is 6.87. The van der Waals surface area contributed by atoms with Gasteiger partial charge in [-0.25, -0.2) is 0 Å². The predicted octanol–water partition coefficient (Wildman–Crippen LogP) is 8.97. The van der Waals surface area contributed by atoms with Crippen molar-refractivity contribution < 1.29 is 24.5 Å². The molecule has 1 radical (unpaired) electrons. The number of benzene rings is 3. The minimum atomic E-state index is -1.50. The van der Waals surface area contributed by atoms with Crippen LogP contribution in [0.3, 0.4) is 0 Å². The van der Waals surface area contributed by atoms with Gasteiger partial charge in [-0.2, -0.15) is 0 Å². The second kappa shape index (κ2) is 12.4. The average Bonchev–Trinajstić information content (AvgIpc) is 3.33. The third-order valence-corrected chi connectivity index (χ3v) is 8.88. The second-order valence-electron chi connectivity index (χ2n) is 11.3. The molecule has 0 bridgehead atoms. The smallest absolute Gasteiger partial charge is 0.120 e. The summed E-state index contributed by atoms with van der Waals surface area (Å²) >= 11 is 0. The molecule has 0 aliphatic rings. The van der Waals surface area contributed by atoms with Crippen LogP contribution in [0.1, 0.15) is 30.9 Å². The first-order valence-electron chi connectivity index (χ1n) is 13.4. The Morgan fingerprint density at radius 2 is 1.48 bits per heavy atom. The fraction of sp³-hybridized carbons (Fsp3) is 0.200. The zero-order valence-corrected chi connectivity index (χ0v) is 27.3. The fourth-order valence-electron chi connectivity index (χ4n) is 4.62. The monoisotopic (exact) mass is 719 g/mol. The number of fused-ring (bicyclic) bond motifs is 3. The summed E-state index contributed by atoms with van der Waals surface area (Å²) in [5, 5.41) is 3.69. The number of hydrogen-bond donors (Lipinski definition) is 0. The van der Waals surface area contributed by atoms with Crippen LogP contribution in [-0.4, -0.2) is 18.0 Å². The van der Waals surface area contributed by atoms with Crippen LogP contribution in [0.15, 0.2) is 95.7 Å². The molecule has 3 heterocycles. The molecular weight excluding hydrogens is 685 g/mol. The van der Waals surface area contributed by atoms with Gasteiger partial charge < -0.3 is 14.4 Å². The first kappa shape index (κ1) is 29.6. The number of rotatable bonds is 4. The zero-order valence-electron chi connectivity index (χ0n) is 23.9. The van der Waals surface area contributed by atoms with Gasteiger partial charge in [0.15, 0.2) is 0 Å². The first-order valence-corrected chi connectivity index (χ1v) is 16.9. The van der Waals surface area contributed by atoms with E-state index < -0.39 is 8.07 Å². The Morgan fingerprint density at radius 1 is 0.725 bits per heavy atom. The zero-order chi connectivity index (χ0) is 27.6. The van der Waals surface area contributed by atoms with E-state index >= 15 is 0 Å². The van der Waals surface area contributed by atoms with Crippen molar-refractivity contribution in [1.82, 2.24) is 9.97 Å².